The van der Waals surface area contributed by atoms with Crippen molar-refractivity contribution in [2.24, 2.45) is 0 Å². The van der Waals surface area contributed by atoms with Crippen molar-refractivity contribution in [3.63, 3.8) is 0 Å². The molecule has 25 heavy (non-hydrogen) atoms. The van der Waals surface area contributed by atoms with E-state index in [2.05, 4.69) is 20.9 Å². The number of halogens is 1. The van der Waals surface area contributed by atoms with Gasteiger partial charge in [0.2, 0.25) is 11.8 Å². The quantitative estimate of drug-likeness (QED) is 0.705. The maximum atomic E-state index is 13.0. The van der Waals surface area contributed by atoms with Gasteiger partial charge in [-0.1, -0.05) is 6.07 Å². The molecule has 4 rings (SSSR count). The Bertz CT molecular complexity index is 827. The standard InChI is InChI=1S/C18H16FN3O2S/c19-13-3-5-14(6-4-13)24-17-7-8-20-18(21-17)22-9-10-23-15(12-22)16-2-1-11-25-16/h1-8,11,15H,9-10,12H2. The summed E-state index contributed by atoms with van der Waals surface area (Å²) < 4.78 is 24.5. The number of benzene rings is 1. The van der Waals surface area contributed by atoms with Gasteiger partial charge in [0.05, 0.1) is 13.2 Å². The number of aromatic nitrogens is 2. The van der Waals surface area contributed by atoms with Crippen LogP contribution in [0.25, 0.3) is 0 Å². The first-order valence-electron chi connectivity index (χ1n) is 7.94. The van der Waals surface area contributed by atoms with E-state index in [9.17, 15) is 4.39 Å². The molecule has 3 heterocycles. The summed E-state index contributed by atoms with van der Waals surface area (Å²) in [5, 5.41) is 2.05. The zero-order chi connectivity index (χ0) is 17.1. The van der Waals surface area contributed by atoms with Crippen LogP contribution < -0.4 is 9.64 Å². The first kappa shape index (κ1) is 16.0. The van der Waals surface area contributed by atoms with Crippen LogP contribution >= 0.6 is 11.3 Å². The van der Waals surface area contributed by atoms with Crippen molar-refractivity contribution in [1.29, 1.82) is 0 Å². The van der Waals surface area contributed by atoms with E-state index < -0.39 is 0 Å². The average molecular weight is 357 g/mol. The predicted octanol–water partition coefficient (Wildman–Crippen LogP) is 4.05. The molecule has 1 saturated heterocycles. The molecule has 2 aromatic heterocycles. The summed E-state index contributed by atoms with van der Waals surface area (Å²) in [6, 6.07) is 11.6. The van der Waals surface area contributed by atoms with Gasteiger partial charge >= 0.3 is 0 Å². The molecule has 0 bridgehead atoms. The van der Waals surface area contributed by atoms with Crippen LogP contribution in [0, 0.1) is 5.82 Å². The first-order valence-corrected chi connectivity index (χ1v) is 8.82. The van der Waals surface area contributed by atoms with Gasteiger partial charge in [0.15, 0.2) is 0 Å². The number of thiophene rings is 1. The van der Waals surface area contributed by atoms with E-state index in [1.165, 1.54) is 17.0 Å². The predicted molar refractivity (Wildman–Crippen MR) is 93.7 cm³/mol. The number of hydrogen-bond acceptors (Lipinski definition) is 6. The van der Waals surface area contributed by atoms with Crippen molar-refractivity contribution >= 4 is 17.3 Å². The van der Waals surface area contributed by atoms with E-state index in [1.807, 2.05) is 11.4 Å². The lowest BCUT2D eigenvalue weighted by Crippen LogP contribution is -2.39. The van der Waals surface area contributed by atoms with Crippen molar-refractivity contribution in [3.05, 3.63) is 64.7 Å². The highest BCUT2D eigenvalue weighted by Gasteiger charge is 2.24. The van der Waals surface area contributed by atoms with Gasteiger partial charge in [-0.25, -0.2) is 9.37 Å². The minimum atomic E-state index is -0.302. The molecular weight excluding hydrogens is 341 g/mol. The zero-order valence-corrected chi connectivity index (χ0v) is 14.2. The van der Waals surface area contributed by atoms with Crippen LogP contribution in [0.3, 0.4) is 0 Å². The molecule has 1 unspecified atom stereocenters. The first-order chi connectivity index (χ1) is 12.3. The molecule has 5 nitrogen and oxygen atoms in total. The third-order valence-corrected chi connectivity index (χ3v) is 4.83. The Kier molecular flexibility index (Phi) is 4.58. The van der Waals surface area contributed by atoms with Gasteiger partial charge in [0.1, 0.15) is 17.7 Å². The number of rotatable bonds is 4. The molecule has 1 aromatic carbocycles. The van der Waals surface area contributed by atoms with E-state index in [-0.39, 0.29) is 11.9 Å². The number of morpholine rings is 1. The largest absolute Gasteiger partial charge is 0.439 e. The summed E-state index contributed by atoms with van der Waals surface area (Å²) in [6.45, 7) is 2.04. The summed E-state index contributed by atoms with van der Waals surface area (Å²) in [7, 11) is 0. The summed E-state index contributed by atoms with van der Waals surface area (Å²) in [4.78, 5) is 12.1. The maximum absolute atomic E-state index is 13.0. The monoisotopic (exact) mass is 357 g/mol. The van der Waals surface area contributed by atoms with Crippen LogP contribution in [-0.2, 0) is 4.74 Å². The molecule has 1 fully saturated rings. The lowest BCUT2D eigenvalue weighted by atomic mass is 10.2. The van der Waals surface area contributed by atoms with Crippen LogP contribution in [0.4, 0.5) is 10.3 Å². The fourth-order valence-corrected chi connectivity index (χ4v) is 3.41. The topological polar surface area (TPSA) is 47.5 Å². The Morgan fingerprint density at radius 2 is 2.08 bits per heavy atom. The lowest BCUT2D eigenvalue weighted by molar-refractivity contribution is 0.0415. The summed E-state index contributed by atoms with van der Waals surface area (Å²) >= 11 is 1.68. The molecule has 0 saturated carbocycles. The van der Waals surface area contributed by atoms with Crippen LogP contribution in [0.15, 0.2) is 54.0 Å². The Labute approximate surface area is 148 Å². The minimum Gasteiger partial charge on any atom is -0.439 e. The van der Waals surface area contributed by atoms with Gasteiger partial charge < -0.3 is 14.4 Å². The lowest BCUT2D eigenvalue weighted by Gasteiger charge is -2.32. The van der Waals surface area contributed by atoms with E-state index in [0.717, 1.165) is 6.54 Å². The summed E-state index contributed by atoms with van der Waals surface area (Å²) in [5.41, 5.74) is 0. The van der Waals surface area contributed by atoms with Crippen molar-refractivity contribution in [3.8, 4) is 11.6 Å². The molecule has 3 aromatic rings. The molecular formula is C18H16FN3O2S. The fourth-order valence-electron chi connectivity index (χ4n) is 2.64. The fraction of sp³-hybridized carbons (Fsp3) is 0.222. The van der Waals surface area contributed by atoms with E-state index in [1.54, 1.807) is 35.7 Å². The van der Waals surface area contributed by atoms with Crippen LogP contribution in [0.2, 0.25) is 0 Å². The molecule has 0 amide bonds. The van der Waals surface area contributed by atoms with E-state index >= 15 is 0 Å². The Balaban J connectivity index is 1.49. The Morgan fingerprint density at radius 1 is 1.20 bits per heavy atom. The maximum Gasteiger partial charge on any atom is 0.228 e. The molecule has 1 aliphatic rings. The van der Waals surface area contributed by atoms with Gasteiger partial charge in [0.25, 0.3) is 0 Å². The third-order valence-electron chi connectivity index (χ3n) is 3.86. The van der Waals surface area contributed by atoms with Crippen LogP contribution in [0.5, 0.6) is 11.6 Å². The highest BCUT2D eigenvalue weighted by atomic mass is 32.1. The smallest absolute Gasteiger partial charge is 0.228 e. The number of ether oxygens (including phenoxy) is 2. The van der Waals surface area contributed by atoms with E-state index in [4.69, 9.17) is 9.47 Å². The molecule has 0 spiro atoms. The number of hydrogen-bond donors (Lipinski definition) is 0. The van der Waals surface area contributed by atoms with Crippen molar-refractivity contribution in [2.45, 2.75) is 6.10 Å². The molecule has 128 valence electrons. The molecule has 1 aliphatic heterocycles. The second kappa shape index (κ2) is 7.16. The second-order valence-electron chi connectivity index (χ2n) is 5.57. The molecule has 0 radical (unpaired) electrons. The third kappa shape index (κ3) is 3.78. The van der Waals surface area contributed by atoms with Crippen LogP contribution in [0.1, 0.15) is 11.0 Å². The van der Waals surface area contributed by atoms with E-state index in [0.29, 0.717) is 30.7 Å². The molecule has 0 N–H and O–H groups in total. The van der Waals surface area contributed by atoms with Crippen molar-refractivity contribution in [1.82, 2.24) is 9.97 Å². The number of anilines is 1. The minimum absolute atomic E-state index is 0.0269. The van der Waals surface area contributed by atoms with Crippen molar-refractivity contribution in [2.75, 3.05) is 24.6 Å². The van der Waals surface area contributed by atoms with Gasteiger partial charge in [-0.05, 0) is 35.7 Å². The van der Waals surface area contributed by atoms with Crippen LogP contribution in [-0.4, -0.2) is 29.7 Å². The second-order valence-corrected chi connectivity index (χ2v) is 6.55. The summed E-state index contributed by atoms with van der Waals surface area (Å²) in [5.74, 6) is 1.26. The van der Waals surface area contributed by atoms with Gasteiger partial charge in [0, 0.05) is 23.7 Å². The highest BCUT2D eigenvalue weighted by molar-refractivity contribution is 7.10. The Morgan fingerprint density at radius 3 is 2.88 bits per heavy atom. The van der Waals surface area contributed by atoms with Crippen molar-refractivity contribution < 1.29 is 13.9 Å². The normalized spacial score (nSPS) is 17.5. The highest BCUT2D eigenvalue weighted by Crippen LogP contribution is 2.28. The molecule has 7 heteroatoms. The number of nitrogens with zero attached hydrogens (tertiary/aromatic N) is 3. The van der Waals surface area contributed by atoms with Gasteiger partial charge in [-0.15, -0.1) is 11.3 Å². The molecule has 0 aliphatic carbocycles. The molecule has 1 atom stereocenters. The zero-order valence-electron chi connectivity index (χ0n) is 13.3. The average Bonchev–Trinajstić information content (AvgIpc) is 3.19. The summed E-state index contributed by atoms with van der Waals surface area (Å²) in [6.07, 6.45) is 1.69. The Hall–Kier alpha value is -2.51. The SMILES string of the molecule is Fc1ccc(Oc2ccnc(N3CCOC(c4cccs4)C3)n2)cc1. The van der Waals surface area contributed by atoms with Gasteiger partial charge in [-0.3, -0.25) is 0 Å². The van der Waals surface area contributed by atoms with Gasteiger partial charge in [-0.2, -0.15) is 4.98 Å².